The van der Waals surface area contributed by atoms with E-state index in [4.69, 9.17) is 9.94 Å². The lowest BCUT2D eigenvalue weighted by Gasteiger charge is -2.49. The van der Waals surface area contributed by atoms with Crippen molar-refractivity contribution in [1.29, 1.82) is 0 Å². The van der Waals surface area contributed by atoms with E-state index in [9.17, 15) is 9.90 Å². The molecule has 2 N–H and O–H groups in total. The third-order valence-corrected chi connectivity index (χ3v) is 6.81. The highest BCUT2D eigenvalue weighted by Crippen LogP contribution is 2.59. The molecule has 0 saturated heterocycles. The molecule has 4 rings (SSSR count). The van der Waals surface area contributed by atoms with E-state index in [-0.39, 0.29) is 12.0 Å². The summed E-state index contributed by atoms with van der Waals surface area (Å²) in [4.78, 5) is 15.7. The van der Waals surface area contributed by atoms with E-state index < -0.39 is 5.97 Å². The zero-order chi connectivity index (χ0) is 17.6. The predicted molar refractivity (Wildman–Crippen MR) is 93.7 cm³/mol. The summed E-state index contributed by atoms with van der Waals surface area (Å²) in [5.74, 6) is 1.17. The molecule has 0 bridgehead atoms. The Morgan fingerprint density at radius 2 is 2.16 bits per heavy atom. The monoisotopic (exact) mass is 343 g/mol. The molecule has 4 atom stereocenters. The van der Waals surface area contributed by atoms with Crippen LogP contribution < -0.4 is 0 Å². The lowest BCUT2D eigenvalue weighted by molar-refractivity contribution is -0.142. The molecule has 0 amide bonds. The smallest absolute Gasteiger partial charge is 0.344 e. The summed E-state index contributed by atoms with van der Waals surface area (Å²) < 4.78 is 0. The lowest BCUT2D eigenvalue weighted by atomic mass is 9.55. The number of rotatable bonds is 3. The predicted octanol–water partition coefficient (Wildman–Crippen LogP) is 3.71. The van der Waals surface area contributed by atoms with Crippen molar-refractivity contribution < 1.29 is 19.8 Å². The van der Waals surface area contributed by atoms with Crippen LogP contribution in [0.5, 0.6) is 5.75 Å². The largest absolute Gasteiger partial charge is 0.508 e. The molecular weight excluding hydrogens is 318 g/mol. The molecule has 0 spiro atoms. The Kier molecular flexibility index (Phi) is 3.97. The molecule has 2 fully saturated rings. The van der Waals surface area contributed by atoms with Crippen molar-refractivity contribution >= 4 is 11.7 Å². The fourth-order valence-corrected chi connectivity index (χ4v) is 5.67. The first kappa shape index (κ1) is 16.4. The van der Waals surface area contributed by atoms with Gasteiger partial charge in [-0.1, -0.05) is 18.1 Å². The Labute approximate surface area is 147 Å². The first-order valence-electron chi connectivity index (χ1n) is 9.22. The van der Waals surface area contributed by atoms with Crippen LogP contribution in [0, 0.1) is 17.3 Å². The summed E-state index contributed by atoms with van der Waals surface area (Å²) in [6.45, 7) is 1.92. The number of carboxylic acid groups (broad SMARTS) is 1. The van der Waals surface area contributed by atoms with E-state index in [0.717, 1.165) is 44.2 Å². The van der Waals surface area contributed by atoms with E-state index in [1.165, 1.54) is 11.1 Å². The van der Waals surface area contributed by atoms with Gasteiger partial charge in [0.2, 0.25) is 6.61 Å². The van der Waals surface area contributed by atoms with Crippen LogP contribution in [0.4, 0.5) is 0 Å². The van der Waals surface area contributed by atoms with Crippen LogP contribution in [0.1, 0.15) is 56.1 Å². The summed E-state index contributed by atoms with van der Waals surface area (Å²) in [5, 5.41) is 22.7. The van der Waals surface area contributed by atoms with Gasteiger partial charge in [-0.05, 0) is 79.5 Å². The van der Waals surface area contributed by atoms with E-state index >= 15 is 0 Å². The Bertz CT molecular complexity index is 728. The maximum Gasteiger partial charge on any atom is 0.344 e. The number of aliphatic carboxylic acids is 1. The van der Waals surface area contributed by atoms with Crippen LogP contribution in [-0.2, 0) is 16.1 Å². The quantitative estimate of drug-likeness (QED) is 0.820. The number of phenols is 1. The van der Waals surface area contributed by atoms with Crippen molar-refractivity contribution in [3.05, 3.63) is 29.3 Å². The number of hydrogen-bond acceptors (Lipinski definition) is 4. The third kappa shape index (κ3) is 2.70. The van der Waals surface area contributed by atoms with Crippen molar-refractivity contribution in [2.75, 3.05) is 6.61 Å². The average molecular weight is 343 g/mol. The van der Waals surface area contributed by atoms with Crippen molar-refractivity contribution in [3.8, 4) is 5.75 Å². The van der Waals surface area contributed by atoms with Crippen LogP contribution in [0.25, 0.3) is 0 Å². The van der Waals surface area contributed by atoms with Gasteiger partial charge in [-0.15, -0.1) is 0 Å². The third-order valence-electron chi connectivity index (χ3n) is 6.81. The van der Waals surface area contributed by atoms with Crippen molar-refractivity contribution in [1.82, 2.24) is 0 Å². The standard InChI is InChI=1S/C20H25NO4/c1-20-9-8-15-14-5-3-13(22)10-12(14)2-4-16(15)17(20)6-7-18(20)21-25-11-19(23)24/h3,5,10,15-17,22H,2,4,6-9,11H2,1H3,(H,23,24)/b21-18+/t15-,16-,17-,20+/m0/s1. The van der Waals surface area contributed by atoms with E-state index in [0.29, 0.717) is 23.5 Å². The van der Waals surface area contributed by atoms with Crippen molar-refractivity contribution in [2.45, 2.75) is 51.4 Å². The number of aryl methyl sites for hydroxylation is 1. The van der Waals surface area contributed by atoms with Crippen LogP contribution in [-0.4, -0.2) is 28.5 Å². The van der Waals surface area contributed by atoms with Gasteiger partial charge in [0.15, 0.2) is 0 Å². The first-order chi connectivity index (χ1) is 12.0. The summed E-state index contributed by atoms with van der Waals surface area (Å²) in [6.07, 6.45) is 6.39. The second-order valence-corrected chi connectivity index (χ2v) is 8.00. The van der Waals surface area contributed by atoms with Gasteiger partial charge in [0.05, 0.1) is 5.71 Å². The second kappa shape index (κ2) is 6.04. The molecule has 0 aromatic heterocycles. The maximum atomic E-state index is 10.7. The summed E-state index contributed by atoms with van der Waals surface area (Å²) in [6, 6.07) is 5.86. The fraction of sp³-hybridized carbons (Fsp3) is 0.600. The number of phenolic OH excluding ortho intramolecular Hbond substituents is 1. The first-order valence-corrected chi connectivity index (χ1v) is 9.22. The highest BCUT2D eigenvalue weighted by atomic mass is 16.6. The molecule has 3 aliphatic carbocycles. The van der Waals surface area contributed by atoms with Gasteiger partial charge in [-0.3, -0.25) is 0 Å². The second-order valence-electron chi connectivity index (χ2n) is 8.00. The number of hydrogen-bond donors (Lipinski definition) is 2. The molecule has 0 heterocycles. The molecule has 0 radical (unpaired) electrons. The number of oxime groups is 1. The molecular formula is C20H25NO4. The SMILES string of the molecule is C[C@@]12CC[C@H]3c4ccc(O)cc4CC[C@@H]3[C@@H]1CC/C2=N\OCC(=O)O. The van der Waals surface area contributed by atoms with E-state index in [1.807, 2.05) is 12.1 Å². The Morgan fingerprint density at radius 3 is 2.96 bits per heavy atom. The summed E-state index contributed by atoms with van der Waals surface area (Å²) in [5.41, 5.74) is 3.81. The van der Waals surface area contributed by atoms with Gasteiger partial charge in [0.1, 0.15) is 5.75 Å². The number of carboxylic acids is 1. The summed E-state index contributed by atoms with van der Waals surface area (Å²) >= 11 is 0. The van der Waals surface area contributed by atoms with Crippen LogP contribution >= 0.6 is 0 Å². The Balaban J connectivity index is 1.58. The van der Waals surface area contributed by atoms with Gasteiger partial charge in [-0.25, -0.2) is 4.79 Å². The molecule has 25 heavy (non-hydrogen) atoms. The zero-order valence-corrected chi connectivity index (χ0v) is 14.6. The maximum absolute atomic E-state index is 10.7. The average Bonchev–Trinajstić information content (AvgIpc) is 2.91. The minimum atomic E-state index is -0.986. The Morgan fingerprint density at radius 1 is 1.32 bits per heavy atom. The zero-order valence-electron chi connectivity index (χ0n) is 14.6. The summed E-state index contributed by atoms with van der Waals surface area (Å²) in [7, 11) is 0. The van der Waals surface area contributed by atoms with Crippen molar-refractivity contribution in [2.24, 2.45) is 22.4 Å². The lowest BCUT2D eigenvalue weighted by Crippen LogP contribution is -2.42. The number of benzene rings is 1. The van der Waals surface area contributed by atoms with Gasteiger partial charge < -0.3 is 15.1 Å². The normalized spacial score (nSPS) is 34.9. The molecule has 1 aromatic rings. The molecule has 5 nitrogen and oxygen atoms in total. The van der Waals surface area contributed by atoms with Gasteiger partial charge in [0, 0.05) is 5.41 Å². The van der Waals surface area contributed by atoms with E-state index in [2.05, 4.69) is 18.1 Å². The minimum Gasteiger partial charge on any atom is -0.508 e. The Hall–Kier alpha value is -2.04. The topological polar surface area (TPSA) is 79.1 Å². The molecule has 0 aliphatic heterocycles. The number of aromatic hydroxyl groups is 1. The molecule has 1 aromatic carbocycles. The van der Waals surface area contributed by atoms with Crippen LogP contribution in [0.2, 0.25) is 0 Å². The number of carbonyl (C=O) groups is 1. The molecule has 2 saturated carbocycles. The van der Waals surface area contributed by atoms with Crippen LogP contribution in [0.3, 0.4) is 0 Å². The number of fused-ring (bicyclic) bond motifs is 5. The van der Waals surface area contributed by atoms with Crippen molar-refractivity contribution in [3.63, 3.8) is 0 Å². The van der Waals surface area contributed by atoms with Gasteiger partial charge in [0.25, 0.3) is 0 Å². The number of nitrogens with zero attached hydrogens (tertiary/aromatic N) is 1. The van der Waals surface area contributed by atoms with E-state index in [1.54, 1.807) is 0 Å². The minimum absolute atomic E-state index is 0.0358. The van der Waals surface area contributed by atoms with Gasteiger partial charge >= 0.3 is 5.97 Å². The highest BCUT2D eigenvalue weighted by Gasteiger charge is 2.53. The molecule has 134 valence electrons. The van der Waals surface area contributed by atoms with Gasteiger partial charge in [-0.2, -0.15) is 0 Å². The van der Waals surface area contributed by atoms with Crippen LogP contribution in [0.15, 0.2) is 23.4 Å². The molecule has 3 aliphatic rings. The highest BCUT2D eigenvalue weighted by molar-refractivity contribution is 5.92. The fourth-order valence-electron chi connectivity index (χ4n) is 5.67. The molecule has 0 unspecified atom stereocenters. The molecule has 5 heteroatoms.